The van der Waals surface area contributed by atoms with Gasteiger partial charge in [0.2, 0.25) is 0 Å². The highest BCUT2D eigenvalue weighted by Crippen LogP contribution is 2.21. The smallest absolute Gasteiger partial charge is 0.100 e. The van der Waals surface area contributed by atoms with Crippen molar-refractivity contribution in [2.75, 3.05) is 6.67 Å². The van der Waals surface area contributed by atoms with Gasteiger partial charge in [0.25, 0.3) is 0 Å². The van der Waals surface area contributed by atoms with Gasteiger partial charge >= 0.3 is 0 Å². The average molecular weight is 167 g/mol. The number of aryl methyl sites for hydroxylation is 1. The molecule has 0 aliphatic carbocycles. The van der Waals surface area contributed by atoms with Crippen LogP contribution in [0.4, 0.5) is 4.39 Å². The van der Waals surface area contributed by atoms with Gasteiger partial charge in [0.1, 0.15) is 6.67 Å². The summed E-state index contributed by atoms with van der Waals surface area (Å²) in [6.07, 6.45) is 0. The van der Waals surface area contributed by atoms with Crippen LogP contribution in [0.1, 0.15) is 25.2 Å². The van der Waals surface area contributed by atoms with Crippen molar-refractivity contribution >= 4 is 0 Å². The zero-order valence-electron chi connectivity index (χ0n) is 7.76. The fraction of sp³-hybridized carbons (Fsp3) is 0.500. The van der Waals surface area contributed by atoms with Crippen molar-refractivity contribution in [1.29, 1.82) is 0 Å². The van der Waals surface area contributed by atoms with Gasteiger partial charge in [-0.05, 0) is 19.1 Å². The van der Waals surface area contributed by atoms with Crippen molar-refractivity contribution in [2.24, 2.45) is 0 Å². The Kier molecular flexibility index (Phi) is 2.46. The summed E-state index contributed by atoms with van der Waals surface area (Å²) in [6, 6.07) is 5.69. The molecule has 0 spiro atoms. The van der Waals surface area contributed by atoms with E-state index in [1.54, 1.807) is 0 Å². The Hall–Kier alpha value is -0.920. The monoisotopic (exact) mass is 167 g/mol. The van der Waals surface area contributed by atoms with Crippen LogP contribution in [-0.4, -0.2) is 11.7 Å². The lowest BCUT2D eigenvalue weighted by Gasteiger charge is -2.19. The zero-order valence-corrected chi connectivity index (χ0v) is 7.76. The van der Waals surface area contributed by atoms with Crippen molar-refractivity contribution in [3.8, 4) is 0 Å². The number of nitrogens with zero attached hydrogens (tertiary/aromatic N) is 1. The SMILES string of the molecule is Cc1cccc(C(C)(C)CF)n1. The third-order valence-corrected chi connectivity index (χ3v) is 1.92. The zero-order chi connectivity index (χ0) is 9.19. The van der Waals surface area contributed by atoms with Gasteiger partial charge in [-0.3, -0.25) is 9.37 Å². The van der Waals surface area contributed by atoms with E-state index >= 15 is 0 Å². The maximum absolute atomic E-state index is 12.5. The maximum Gasteiger partial charge on any atom is 0.100 e. The fourth-order valence-electron chi connectivity index (χ4n) is 0.988. The predicted molar refractivity (Wildman–Crippen MR) is 48.0 cm³/mol. The van der Waals surface area contributed by atoms with Crippen LogP contribution in [0.15, 0.2) is 18.2 Å². The van der Waals surface area contributed by atoms with Crippen molar-refractivity contribution in [2.45, 2.75) is 26.2 Å². The molecule has 0 aromatic carbocycles. The molecule has 0 unspecified atom stereocenters. The molecular formula is C10H14FN. The first-order valence-electron chi connectivity index (χ1n) is 4.06. The second-order valence-corrected chi connectivity index (χ2v) is 3.68. The number of aromatic nitrogens is 1. The molecule has 1 nitrogen and oxygen atoms in total. The number of halogens is 1. The van der Waals surface area contributed by atoms with Gasteiger partial charge in [-0.15, -0.1) is 0 Å². The third-order valence-electron chi connectivity index (χ3n) is 1.92. The van der Waals surface area contributed by atoms with Crippen LogP contribution in [0.5, 0.6) is 0 Å². The molecule has 0 aliphatic rings. The largest absolute Gasteiger partial charge is 0.258 e. The van der Waals surface area contributed by atoms with Crippen LogP contribution >= 0.6 is 0 Å². The van der Waals surface area contributed by atoms with E-state index in [2.05, 4.69) is 4.98 Å². The van der Waals surface area contributed by atoms with Gasteiger partial charge in [-0.1, -0.05) is 19.9 Å². The Morgan fingerprint density at radius 1 is 1.42 bits per heavy atom. The molecule has 1 rings (SSSR count). The van der Waals surface area contributed by atoms with Crippen molar-refractivity contribution in [3.63, 3.8) is 0 Å². The highest BCUT2D eigenvalue weighted by Gasteiger charge is 2.21. The lowest BCUT2D eigenvalue weighted by Crippen LogP contribution is -2.21. The summed E-state index contributed by atoms with van der Waals surface area (Å²) in [4.78, 5) is 4.28. The Balaban J connectivity index is 3.03. The Bertz CT molecular complexity index is 268. The molecule has 1 aromatic rings. The molecule has 0 aliphatic heterocycles. The molecule has 66 valence electrons. The Morgan fingerprint density at radius 2 is 2.08 bits per heavy atom. The first-order chi connectivity index (χ1) is 5.56. The highest BCUT2D eigenvalue weighted by atomic mass is 19.1. The summed E-state index contributed by atoms with van der Waals surface area (Å²) in [7, 11) is 0. The minimum absolute atomic E-state index is 0.372. The molecule has 0 bridgehead atoms. The van der Waals surface area contributed by atoms with Gasteiger partial charge in [0.05, 0.1) is 0 Å². The Labute approximate surface area is 72.6 Å². The van der Waals surface area contributed by atoms with Gasteiger partial charge in [-0.2, -0.15) is 0 Å². The van der Waals surface area contributed by atoms with Gasteiger partial charge in [0.15, 0.2) is 0 Å². The summed E-state index contributed by atoms with van der Waals surface area (Å²) < 4.78 is 12.5. The van der Waals surface area contributed by atoms with Crippen LogP contribution in [-0.2, 0) is 5.41 Å². The molecule has 0 amide bonds. The highest BCUT2D eigenvalue weighted by molar-refractivity contribution is 5.17. The molecule has 0 saturated heterocycles. The summed E-state index contributed by atoms with van der Waals surface area (Å²) in [5.74, 6) is 0. The van der Waals surface area contributed by atoms with Gasteiger partial charge < -0.3 is 0 Å². The Morgan fingerprint density at radius 3 is 2.58 bits per heavy atom. The number of hydrogen-bond donors (Lipinski definition) is 0. The van der Waals surface area contributed by atoms with Crippen LogP contribution in [0.2, 0.25) is 0 Å². The van der Waals surface area contributed by atoms with E-state index in [9.17, 15) is 4.39 Å². The molecule has 0 atom stereocenters. The molecule has 0 fully saturated rings. The second-order valence-electron chi connectivity index (χ2n) is 3.68. The first-order valence-corrected chi connectivity index (χ1v) is 4.06. The predicted octanol–water partition coefficient (Wildman–Crippen LogP) is 2.64. The lowest BCUT2D eigenvalue weighted by molar-refractivity contribution is 0.344. The summed E-state index contributed by atoms with van der Waals surface area (Å²) in [5.41, 5.74) is 1.31. The number of pyridine rings is 1. The molecule has 0 saturated carbocycles. The van der Waals surface area contributed by atoms with E-state index < -0.39 is 5.41 Å². The second kappa shape index (κ2) is 3.21. The first kappa shape index (κ1) is 9.17. The third kappa shape index (κ3) is 1.81. The quantitative estimate of drug-likeness (QED) is 0.659. The minimum Gasteiger partial charge on any atom is -0.258 e. The minimum atomic E-state index is -0.452. The van der Waals surface area contributed by atoms with Gasteiger partial charge in [-0.25, -0.2) is 0 Å². The molecular weight excluding hydrogens is 153 g/mol. The van der Waals surface area contributed by atoms with E-state index in [-0.39, 0.29) is 6.67 Å². The van der Waals surface area contributed by atoms with E-state index in [1.807, 2.05) is 39.0 Å². The normalized spacial score (nSPS) is 11.7. The lowest BCUT2D eigenvalue weighted by atomic mass is 9.90. The summed E-state index contributed by atoms with van der Waals surface area (Å²) in [6.45, 7) is 5.25. The number of alkyl halides is 1. The number of hydrogen-bond acceptors (Lipinski definition) is 1. The molecule has 1 aromatic heterocycles. The van der Waals surface area contributed by atoms with E-state index in [1.165, 1.54) is 0 Å². The number of rotatable bonds is 2. The molecule has 1 heterocycles. The average Bonchev–Trinajstić information content (AvgIpc) is 2.05. The summed E-state index contributed by atoms with van der Waals surface area (Å²) in [5, 5.41) is 0. The van der Waals surface area contributed by atoms with Crippen molar-refractivity contribution in [1.82, 2.24) is 4.98 Å². The maximum atomic E-state index is 12.5. The molecule has 0 radical (unpaired) electrons. The fourth-order valence-corrected chi connectivity index (χ4v) is 0.988. The van der Waals surface area contributed by atoms with Crippen LogP contribution in [0.25, 0.3) is 0 Å². The standard InChI is InChI=1S/C10H14FN/c1-8-5-4-6-9(12-8)10(2,3)7-11/h4-6H,7H2,1-3H3. The van der Waals surface area contributed by atoms with Crippen LogP contribution in [0.3, 0.4) is 0 Å². The molecule has 2 heteroatoms. The van der Waals surface area contributed by atoms with E-state index in [0.29, 0.717) is 0 Å². The van der Waals surface area contributed by atoms with E-state index in [0.717, 1.165) is 11.4 Å². The van der Waals surface area contributed by atoms with E-state index in [4.69, 9.17) is 0 Å². The van der Waals surface area contributed by atoms with Crippen LogP contribution in [0, 0.1) is 6.92 Å². The van der Waals surface area contributed by atoms with Crippen molar-refractivity contribution in [3.05, 3.63) is 29.6 Å². The molecule has 12 heavy (non-hydrogen) atoms. The van der Waals surface area contributed by atoms with Gasteiger partial charge in [0, 0.05) is 16.8 Å². The van der Waals surface area contributed by atoms with Crippen LogP contribution < -0.4 is 0 Å². The van der Waals surface area contributed by atoms with Crippen molar-refractivity contribution < 1.29 is 4.39 Å². The molecule has 0 N–H and O–H groups in total. The topological polar surface area (TPSA) is 12.9 Å². The summed E-state index contributed by atoms with van der Waals surface area (Å²) >= 11 is 0.